The molecule has 0 spiro atoms. The van der Waals surface area contributed by atoms with Gasteiger partial charge in [-0.2, -0.15) is 13.2 Å². The molecule has 2 rings (SSSR count). The predicted octanol–water partition coefficient (Wildman–Crippen LogP) is 3.15. The van der Waals surface area contributed by atoms with Gasteiger partial charge in [-0.25, -0.2) is 8.42 Å². The fourth-order valence-electron chi connectivity index (χ4n) is 2.82. The summed E-state index contributed by atoms with van der Waals surface area (Å²) in [5.74, 6) is 0.369. The number of likely N-dealkylation sites (N-methyl/N-ethyl adjacent to an activating group) is 1. The van der Waals surface area contributed by atoms with E-state index in [0.717, 1.165) is 18.4 Å². The van der Waals surface area contributed by atoms with Gasteiger partial charge in [0, 0.05) is 13.6 Å². The second-order valence-corrected chi connectivity index (χ2v) is 8.66. The number of nitrogens with zero attached hydrogens (tertiary/aromatic N) is 2. The van der Waals surface area contributed by atoms with Gasteiger partial charge < -0.3 is 14.4 Å². The van der Waals surface area contributed by atoms with Crippen LogP contribution < -0.4 is 13.8 Å². The highest BCUT2D eigenvalue weighted by Crippen LogP contribution is 2.32. The Kier molecular flexibility index (Phi) is 7.42. The summed E-state index contributed by atoms with van der Waals surface area (Å²) in [6, 6.07) is 8.87. The molecule has 0 saturated heterocycles. The van der Waals surface area contributed by atoms with Gasteiger partial charge in [-0.3, -0.25) is 9.10 Å². The Morgan fingerprint density at radius 3 is 2.23 bits per heavy atom. The lowest BCUT2D eigenvalue weighted by molar-refractivity contribution is -0.137. The molecule has 0 aliphatic rings. The summed E-state index contributed by atoms with van der Waals surface area (Å²) in [6.07, 6.45) is -3.82. The van der Waals surface area contributed by atoms with Crippen LogP contribution in [-0.2, 0) is 27.5 Å². The summed E-state index contributed by atoms with van der Waals surface area (Å²) in [5, 5.41) is 0. The van der Waals surface area contributed by atoms with Crippen LogP contribution >= 0.6 is 0 Å². The number of hydrogen-bond acceptors (Lipinski definition) is 5. The first kappa shape index (κ1) is 24.3. The molecular weight excluding hydrogens is 437 g/mol. The molecule has 0 fully saturated rings. The molecule has 0 aliphatic carbocycles. The second-order valence-electron chi connectivity index (χ2n) is 6.76. The summed E-state index contributed by atoms with van der Waals surface area (Å²) >= 11 is 0. The maximum Gasteiger partial charge on any atom is 0.416 e. The van der Waals surface area contributed by atoms with Crippen molar-refractivity contribution < 1.29 is 35.9 Å². The minimum Gasteiger partial charge on any atom is -0.493 e. The van der Waals surface area contributed by atoms with Crippen molar-refractivity contribution in [2.75, 3.05) is 38.4 Å². The van der Waals surface area contributed by atoms with Crippen LogP contribution in [0.1, 0.15) is 11.1 Å². The lowest BCUT2D eigenvalue weighted by Crippen LogP contribution is -2.41. The third kappa shape index (κ3) is 6.27. The van der Waals surface area contributed by atoms with E-state index in [1.54, 1.807) is 18.2 Å². The fraction of sp³-hybridized carbons (Fsp3) is 0.350. The first-order chi connectivity index (χ1) is 14.4. The monoisotopic (exact) mass is 460 g/mol. The number of ether oxygens (including phenoxy) is 2. The molecule has 0 atom stereocenters. The van der Waals surface area contributed by atoms with Gasteiger partial charge in [0.05, 0.1) is 31.7 Å². The standard InChI is InChI=1S/C20H23F3N2O5S/c1-24(12-14-8-9-17(29-2)18(10-14)30-3)19(26)13-25(31(4,27)28)16-7-5-6-15(11-16)20(21,22)23/h5-11H,12-13H2,1-4H3. The Morgan fingerprint density at radius 2 is 1.68 bits per heavy atom. The first-order valence-corrected chi connectivity index (χ1v) is 10.8. The summed E-state index contributed by atoms with van der Waals surface area (Å²) in [4.78, 5) is 13.9. The number of sulfonamides is 1. The topological polar surface area (TPSA) is 76.2 Å². The van der Waals surface area contributed by atoms with Crippen LogP contribution in [0, 0.1) is 0 Å². The Bertz CT molecular complexity index is 1040. The minimum atomic E-state index is -4.65. The molecule has 0 bridgehead atoms. The molecule has 0 aromatic heterocycles. The summed E-state index contributed by atoms with van der Waals surface area (Å²) in [7, 11) is 0.399. The van der Waals surface area contributed by atoms with Gasteiger partial charge in [0.25, 0.3) is 0 Å². The highest BCUT2D eigenvalue weighted by molar-refractivity contribution is 7.92. The lowest BCUT2D eigenvalue weighted by Gasteiger charge is -2.26. The number of benzene rings is 2. The van der Waals surface area contributed by atoms with Crippen LogP contribution in [0.25, 0.3) is 0 Å². The number of halogens is 3. The molecule has 2 aromatic rings. The zero-order valence-corrected chi connectivity index (χ0v) is 18.2. The Balaban J connectivity index is 2.24. The fourth-order valence-corrected chi connectivity index (χ4v) is 3.66. The van der Waals surface area contributed by atoms with Crippen LogP contribution in [-0.4, -0.2) is 53.3 Å². The van der Waals surface area contributed by atoms with Crippen LogP contribution in [0.4, 0.5) is 18.9 Å². The normalized spacial score (nSPS) is 11.7. The van der Waals surface area contributed by atoms with Gasteiger partial charge in [-0.1, -0.05) is 12.1 Å². The summed E-state index contributed by atoms with van der Waals surface area (Å²) < 4.78 is 74.5. The quantitative estimate of drug-likeness (QED) is 0.605. The van der Waals surface area contributed by atoms with Gasteiger partial charge in [0.1, 0.15) is 6.54 Å². The molecule has 0 unspecified atom stereocenters. The molecule has 0 N–H and O–H groups in total. The number of methoxy groups -OCH3 is 2. The molecule has 170 valence electrons. The molecule has 0 aliphatic heterocycles. The molecule has 0 saturated carbocycles. The van der Waals surface area contributed by atoms with E-state index in [-0.39, 0.29) is 12.2 Å². The number of amides is 1. The van der Waals surface area contributed by atoms with Crippen LogP contribution in [0.3, 0.4) is 0 Å². The van der Waals surface area contributed by atoms with E-state index in [9.17, 15) is 26.4 Å². The number of rotatable bonds is 8. The van der Waals surface area contributed by atoms with Crippen molar-refractivity contribution in [3.63, 3.8) is 0 Å². The second kappa shape index (κ2) is 9.46. The summed E-state index contributed by atoms with van der Waals surface area (Å²) in [5.41, 5.74) is -0.562. The largest absolute Gasteiger partial charge is 0.493 e. The van der Waals surface area contributed by atoms with Crippen molar-refractivity contribution in [1.29, 1.82) is 0 Å². The van der Waals surface area contributed by atoms with Gasteiger partial charge in [0.2, 0.25) is 15.9 Å². The van der Waals surface area contributed by atoms with E-state index in [1.807, 2.05) is 0 Å². The van der Waals surface area contributed by atoms with E-state index in [4.69, 9.17) is 9.47 Å². The minimum absolute atomic E-state index is 0.124. The van der Waals surface area contributed by atoms with E-state index in [0.29, 0.717) is 27.4 Å². The molecule has 31 heavy (non-hydrogen) atoms. The molecule has 0 heterocycles. The van der Waals surface area contributed by atoms with Gasteiger partial charge in [-0.05, 0) is 35.9 Å². The van der Waals surface area contributed by atoms with E-state index in [1.165, 1.54) is 32.2 Å². The Hall–Kier alpha value is -2.95. The lowest BCUT2D eigenvalue weighted by atomic mass is 10.2. The highest BCUT2D eigenvalue weighted by atomic mass is 32.2. The molecule has 2 aromatic carbocycles. The predicted molar refractivity (Wildman–Crippen MR) is 110 cm³/mol. The number of anilines is 1. The zero-order valence-electron chi connectivity index (χ0n) is 17.4. The van der Waals surface area contributed by atoms with E-state index < -0.39 is 34.2 Å². The third-order valence-electron chi connectivity index (χ3n) is 4.43. The average Bonchev–Trinajstić information content (AvgIpc) is 2.70. The van der Waals surface area contributed by atoms with E-state index >= 15 is 0 Å². The number of alkyl halides is 3. The molecule has 1 amide bonds. The van der Waals surface area contributed by atoms with Crippen molar-refractivity contribution in [3.8, 4) is 11.5 Å². The van der Waals surface area contributed by atoms with Crippen molar-refractivity contribution in [3.05, 3.63) is 53.6 Å². The van der Waals surface area contributed by atoms with Crippen molar-refractivity contribution in [1.82, 2.24) is 4.90 Å². The maximum atomic E-state index is 13.0. The summed E-state index contributed by atoms with van der Waals surface area (Å²) in [6.45, 7) is -0.524. The van der Waals surface area contributed by atoms with Crippen LogP contribution in [0.15, 0.2) is 42.5 Å². The third-order valence-corrected chi connectivity index (χ3v) is 5.57. The van der Waals surface area contributed by atoms with Crippen LogP contribution in [0.5, 0.6) is 11.5 Å². The smallest absolute Gasteiger partial charge is 0.416 e. The Labute approximate surface area is 179 Å². The Morgan fingerprint density at radius 1 is 1.03 bits per heavy atom. The number of hydrogen-bond donors (Lipinski definition) is 0. The van der Waals surface area contributed by atoms with Crippen molar-refractivity contribution in [2.24, 2.45) is 0 Å². The molecular formula is C20H23F3N2O5S. The van der Waals surface area contributed by atoms with E-state index in [2.05, 4.69) is 0 Å². The number of carbonyl (C=O) groups excluding carboxylic acids is 1. The molecule has 0 radical (unpaired) electrons. The maximum absolute atomic E-state index is 13.0. The average molecular weight is 460 g/mol. The number of carbonyl (C=O) groups is 1. The van der Waals surface area contributed by atoms with Crippen molar-refractivity contribution in [2.45, 2.75) is 12.7 Å². The van der Waals surface area contributed by atoms with Crippen LogP contribution in [0.2, 0.25) is 0 Å². The first-order valence-electron chi connectivity index (χ1n) is 8.96. The van der Waals surface area contributed by atoms with Gasteiger partial charge >= 0.3 is 6.18 Å². The highest BCUT2D eigenvalue weighted by Gasteiger charge is 2.32. The zero-order chi connectivity index (χ0) is 23.4. The molecule has 7 nitrogen and oxygen atoms in total. The van der Waals surface area contributed by atoms with Gasteiger partial charge in [-0.15, -0.1) is 0 Å². The van der Waals surface area contributed by atoms with Crippen molar-refractivity contribution >= 4 is 21.6 Å². The molecule has 11 heteroatoms. The SMILES string of the molecule is COc1ccc(CN(C)C(=O)CN(c2cccc(C(F)(F)F)c2)S(C)(=O)=O)cc1OC. The van der Waals surface area contributed by atoms with Gasteiger partial charge in [0.15, 0.2) is 11.5 Å².